The number of fused-ring (bicyclic) bond motifs is 1. The molecule has 1 aromatic carbocycles. The van der Waals surface area contributed by atoms with Crippen LogP contribution in [0.5, 0.6) is 0 Å². The van der Waals surface area contributed by atoms with Crippen LogP contribution in [0.2, 0.25) is 0 Å². The molecule has 0 saturated carbocycles. The first-order chi connectivity index (χ1) is 15.7. The zero-order valence-corrected chi connectivity index (χ0v) is 18.4. The van der Waals surface area contributed by atoms with Crippen LogP contribution >= 0.6 is 0 Å². The van der Waals surface area contributed by atoms with Crippen LogP contribution in [0.3, 0.4) is 0 Å². The number of nitrogens with zero attached hydrogens (tertiary/aromatic N) is 5. The lowest BCUT2D eigenvalue weighted by Crippen LogP contribution is -2.15. The van der Waals surface area contributed by atoms with Gasteiger partial charge in [-0.3, -0.25) is 4.79 Å². The largest absolute Gasteiger partial charge is 0.399 e. The minimum Gasteiger partial charge on any atom is -0.399 e. The number of aromatic nitrogens is 4. The first-order valence-electron chi connectivity index (χ1n) is 10.2. The van der Waals surface area contributed by atoms with Crippen LogP contribution in [0.25, 0.3) is 22.2 Å². The number of primary amides is 1. The van der Waals surface area contributed by atoms with Gasteiger partial charge in [0, 0.05) is 30.1 Å². The summed E-state index contributed by atoms with van der Waals surface area (Å²) in [5.41, 5.74) is 22.7. The summed E-state index contributed by atoms with van der Waals surface area (Å²) in [5, 5.41) is 12.8. The van der Waals surface area contributed by atoms with Gasteiger partial charge in [-0.25, -0.2) is 9.97 Å². The molecule has 0 fully saturated rings. The molecule has 0 radical (unpaired) electrons. The molecule has 0 aliphatic heterocycles. The Bertz CT molecular complexity index is 1450. The van der Waals surface area contributed by atoms with E-state index in [2.05, 4.69) is 21.4 Å². The van der Waals surface area contributed by atoms with Gasteiger partial charge in [-0.05, 0) is 49.7 Å². The summed E-state index contributed by atoms with van der Waals surface area (Å²) in [6.07, 6.45) is 1.92. The highest BCUT2D eigenvalue weighted by Gasteiger charge is 2.20. The van der Waals surface area contributed by atoms with E-state index in [9.17, 15) is 10.1 Å². The molecule has 0 aliphatic rings. The molecule has 166 valence electrons. The Morgan fingerprint density at radius 1 is 1.18 bits per heavy atom. The maximum absolute atomic E-state index is 11.8. The van der Waals surface area contributed by atoms with Crippen molar-refractivity contribution in [3.8, 4) is 17.2 Å². The average Bonchev–Trinajstić information content (AvgIpc) is 3.12. The number of carbonyl (C=O) groups excluding carboxylic acids is 1. The molecule has 3 heterocycles. The summed E-state index contributed by atoms with van der Waals surface area (Å²) in [6, 6.07) is 10.6. The van der Waals surface area contributed by atoms with Crippen molar-refractivity contribution in [2.24, 2.45) is 12.8 Å². The lowest BCUT2D eigenvalue weighted by Gasteiger charge is -2.20. The van der Waals surface area contributed by atoms with Crippen molar-refractivity contribution in [2.45, 2.75) is 19.9 Å². The number of amides is 1. The highest BCUT2D eigenvalue weighted by molar-refractivity contribution is 5.96. The predicted octanol–water partition coefficient (Wildman–Crippen LogP) is 2.65. The number of carbonyl (C=O) groups is 1. The molecule has 4 rings (SSSR count). The highest BCUT2D eigenvalue weighted by Crippen LogP contribution is 2.34. The molecule has 10 heteroatoms. The first kappa shape index (κ1) is 21.6. The minimum absolute atomic E-state index is 0.0647. The number of nitriles is 1. The maximum atomic E-state index is 11.8. The van der Waals surface area contributed by atoms with Crippen molar-refractivity contribution in [3.63, 3.8) is 0 Å². The number of pyridine rings is 1. The molecule has 10 nitrogen and oxygen atoms in total. The topological polar surface area (TPSA) is 175 Å². The van der Waals surface area contributed by atoms with Gasteiger partial charge in [0.1, 0.15) is 17.5 Å². The van der Waals surface area contributed by atoms with Gasteiger partial charge in [0.2, 0.25) is 11.9 Å². The number of nitrogens with one attached hydrogen (secondary N) is 1. The maximum Gasteiger partial charge on any atom is 0.248 e. The summed E-state index contributed by atoms with van der Waals surface area (Å²) in [5.74, 6) is -0.189. The van der Waals surface area contributed by atoms with Crippen LogP contribution in [-0.4, -0.2) is 25.4 Å². The number of aryl methyl sites for hydroxylation is 2. The molecule has 0 spiro atoms. The van der Waals surface area contributed by atoms with E-state index >= 15 is 0 Å². The molecule has 0 aliphatic carbocycles. The number of nitrogens with two attached hydrogens (primary N) is 3. The van der Waals surface area contributed by atoms with Crippen LogP contribution in [0.4, 0.5) is 17.5 Å². The van der Waals surface area contributed by atoms with Crippen LogP contribution < -0.4 is 22.5 Å². The van der Waals surface area contributed by atoms with Gasteiger partial charge in [-0.2, -0.15) is 10.2 Å². The Labute approximate surface area is 190 Å². The fourth-order valence-corrected chi connectivity index (χ4v) is 3.82. The summed E-state index contributed by atoms with van der Waals surface area (Å²) in [4.78, 5) is 25.0. The summed E-state index contributed by atoms with van der Waals surface area (Å²) in [6.45, 7) is 3.60. The quantitative estimate of drug-likeness (QED) is 0.342. The lowest BCUT2D eigenvalue weighted by atomic mass is 9.97. The predicted molar refractivity (Wildman–Crippen MR) is 127 cm³/mol. The molecule has 3 aromatic heterocycles. The Balaban J connectivity index is 1.90. The Morgan fingerprint density at radius 2 is 1.94 bits per heavy atom. The number of hydrogen-bond acceptors (Lipinski definition) is 8. The fourth-order valence-electron chi connectivity index (χ4n) is 3.82. The van der Waals surface area contributed by atoms with Gasteiger partial charge >= 0.3 is 0 Å². The second-order valence-electron chi connectivity index (χ2n) is 7.83. The van der Waals surface area contributed by atoms with Gasteiger partial charge in [0.15, 0.2) is 0 Å². The van der Waals surface area contributed by atoms with Crippen LogP contribution in [0.1, 0.15) is 40.3 Å². The zero-order chi connectivity index (χ0) is 23.9. The summed E-state index contributed by atoms with van der Waals surface area (Å²) in [7, 11) is 1.93. The highest BCUT2D eigenvalue weighted by atomic mass is 16.1. The van der Waals surface area contributed by atoms with E-state index in [0.717, 1.165) is 16.6 Å². The third-order valence-electron chi connectivity index (χ3n) is 5.43. The van der Waals surface area contributed by atoms with E-state index in [4.69, 9.17) is 22.2 Å². The van der Waals surface area contributed by atoms with Crippen LogP contribution in [0, 0.1) is 18.3 Å². The van der Waals surface area contributed by atoms with E-state index in [-0.39, 0.29) is 12.0 Å². The van der Waals surface area contributed by atoms with E-state index in [0.29, 0.717) is 39.6 Å². The molecular weight excluding hydrogens is 418 g/mol. The molecule has 1 atom stereocenters. The molecule has 0 bridgehead atoms. The van der Waals surface area contributed by atoms with Gasteiger partial charge in [-0.15, -0.1) is 0 Å². The Morgan fingerprint density at radius 3 is 2.64 bits per heavy atom. The van der Waals surface area contributed by atoms with Crippen molar-refractivity contribution in [1.29, 1.82) is 5.26 Å². The standard InChI is InChI=1S/C23H23N9O/c1-11-17(10-24)22(31-23(27)29-11)28-12(2)20-16(9-19-18(30-20)4-5-32(19)3)13-6-14(21(26)33)8-15(25)7-13/h4-9,12H,25H2,1-3H3,(H2,26,33)(H3,27,28,29,31)/t12-/m0/s1. The molecule has 4 aromatic rings. The van der Waals surface area contributed by atoms with Gasteiger partial charge in [0.05, 0.1) is 28.5 Å². The smallest absolute Gasteiger partial charge is 0.248 e. The lowest BCUT2D eigenvalue weighted by molar-refractivity contribution is 0.100. The molecule has 0 saturated heterocycles. The van der Waals surface area contributed by atoms with Crippen molar-refractivity contribution in [2.75, 3.05) is 16.8 Å². The molecule has 7 N–H and O–H groups in total. The first-order valence-corrected chi connectivity index (χ1v) is 10.2. The van der Waals surface area contributed by atoms with Crippen molar-refractivity contribution in [1.82, 2.24) is 19.5 Å². The number of nitrogen functional groups attached to an aromatic ring is 2. The van der Waals surface area contributed by atoms with E-state index in [1.54, 1.807) is 19.1 Å². The Hall–Kier alpha value is -4.65. The van der Waals surface area contributed by atoms with Gasteiger partial charge in [-0.1, -0.05) is 0 Å². The number of benzene rings is 1. The van der Waals surface area contributed by atoms with Crippen LogP contribution in [-0.2, 0) is 7.05 Å². The molecule has 0 unspecified atom stereocenters. The fraction of sp³-hybridized carbons (Fsp3) is 0.174. The third kappa shape index (κ3) is 3.99. The number of hydrogen-bond donors (Lipinski definition) is 4. The number of anilines is 3. The monoisotopic (exact) mass is 441 g/mol. The second-order valence-corrected chi connectivity index (χ2v) is 7.83. The van der Waals surface area contributed by atoms with E-state index in [1.165, 1.54) is 6.07 Å². The average molecular weight is 441 g/mol. The van der Waals surface area contributed by atoms with E-state index < -0.39 is 5.91 Å². The molecule has 1 amide bonds. The van der Waals surface area contributed by atoms with Crippen molar-refractivity contribution >= 4 is 34.4 Å². The number of rotatable bonds is 5. The summed E-state index contributed by atoms with van der Waals surface area (Å²) >= 11 is 0. The van der Waals surface area contributed by atoms with Gasteiger partial charge < -0.3 is 27.1 Å². The zero-order valence-electron chi connectivity index (χ0n) is 18.4. The van der Waals surface area contributed by atoms with Crippen molar-refractivity contribution in [3.05, 3.63) is 59.0 Å². The third-order valence-corrected chi connectivity index (χ3v) is 5.43. The molecular formula is C23H23N9O. The van der Waals surface area contributed by atoms with E-state index in [1.807, 2.05) is 36.9 Å². The normalized spacial score (nSPS) is 11.8. The van der Waals surface area contributed by atoms with Crippen LogP contribution in [0.15, 0.2) is 36.5 Å². The Kier molecular flexibility index (Phi) is 5.31. The SMILES string of the molecule is Cc1nc(N)nc(N[C@@H](C)c2nc3ccn(C)c3cc2-c2cc(N)cc(C(N)=O)c2)c1C#N. The van der Waals surface area contributed by atoms with Crippen molar-refractivity contribution < 1.29 is 4.79 Å². The second kappa shape index (κ2) is 8.12. The minimum atomic E-state index is -0.574. The summed E-state index contributed by atoms with van der Waals surface area (Å²) < 4.78 is 1.96. The van der Waals surface area contributed by atoms with Gasteiger partial charge in [0.25, 0.3) is 0 Å². The molecule has 33 heavy (non-hydrogen) atoms.